The zero-order chi connectivity index (χ0) is 27.2. The van der Waals surface area contributed by atoms with E-state index in [1.807, 2.05) is 30.3 Å². The van der Waals surface area contributed by atoms with Crippen LogP contribution in [-0.2, 0) is 4.79 Å². The number of fused-ring (bicyclic) bond motifs is 1. The number of thiazole rings is 1. The number of hydrogen-bond donors (Lipinski definition) is 2. The Morgan fingerprint density at radius 2 is 1.59 bits per heavy atom. The SMILES string of the molecule is O=C(CSc1nc2ccc(NC(=O)c3ccccc3Cl)cc2s1)Nc1nnc(SCC(=O)c2ccccc2)s1. The molecule has 0 atom stereocenters. The van der Waals surface area contributed by atoms with E-state index in [0.717, 1.165) is 14.6 Å². The number of ketones is 1. The standard InChI is InChI=1S/C26H18ClN5O3S4/c27-18-9-5-4-8-17(18)23(35)28-16-10-11-19-21(12-16)38-25(29-19)37-14-22(34)30-24-31-32-26(39-24)36-13-20(33)15-6-2-1-3-7-15/h1-12H,13-14H2,(H,28,35)(H,30,31,34). The molecule has 0 radical (unpaired) electrons. The molecule has 2 N–H and O–H groups in total. The highest BCUT2D eigenvalue weighted by molar-refractivity contribution is 8.02. The van der Waals surface area contributed by atoms with Crippen molar-refractivity contribution in [3.8, 4) is 0 Å². The van der Waals surface area contributed by atoms with Crippen molar-refractivity contribution in [1.29, 1.82) is 0 Å². The van der Waals surface area contributed by atoms with Crippen molar-refractivity contribution < 1.29 is 14.4 Å². The summed E-state index contributed by atoms with van der Waals surface area (Å²) in [5.41, 5.74) is 2.44. The van der Waals surface area contributed by atoms with Gasteiger partial charge in [0, 0.05) is 11.3 Å². The minimum atomic E-state index is -0.295. The fourth-order valence-electron chi connectivity index (χ4n) is 3.32. The number of hydrogen-bond acceptors (Lipinski definition) is 10. The van der Waals surface area contributed by atoms with E-state index < -0.39 is 0 Å². The van der Waals surface area contributed by atoms with E-state index in [1.54, 1.807) is 42.5 Å². The number of nitrogens with one attached hydrogen (secondary N) is 2. The van der Waals surface area contributed by atoms with Crippen molar-refractivity contribution in [2.45, 2.75) is 8.68 Å². The summed E-state index contributed by atoms with van der Waals surface area (Å²) < 4.78 is 2.21. The lowest BCUT2D eigenvalue weighted by atomic mass is 10.2. The van der Waals surface area contributed by atoms with Gasteiger partial charge in [-0.15, -0.1) is 21.5 Å². The number of nitrogens with zero attached hydrogens (tertiary/aromatic N) is 3. The van der Waals surface area contributed by atoms with Gasteiger partial charge in [0.25, 0.3) is 5.91 Å². The fourth-order valence-corrected chi connectivity index (χ4v) is 7.11. The van der Waals surface area contributed by atoms with Gasteiger partial charge >= 0.3 is 0 Å². The molecule has 5 rings (SSSR count). The highest BCUT2D eigenvalue weighted by Crippen LogP contribution is 2.32. The molecule has 13 heteroatoms. The van der Waals surface area contributed by atoms with Crippen LogP contribution in [0.5, 0.6) is 0 Å². The normalized spacial score (nSPS) is 10.9. The second kappa shape index (κ2) is 12.7. The van der Waals surface area contributed by atoms with Gasteiger partial charge < -0.3 is 5.32 Å². The van der Waals surface area contributed by atoms with Crippen LogP contribution >= 0.6 is 57.8 Å². The first-order valence-corrected chi connectivity index (χ1v) is 15.4. The molecular weight excluding hydrogens is 594 g/mol. The van der Waals surface area contributed by atoms with Gasteiger partial charge in [0.1, 0.15) is 0 Å². The van der Waals surface area contributed by atoms with Gasteiger partial charge in [0.05, 0.1) is 32.3 Å². The number of aromatic nitrogens is 3. The molecule has 196 valence electrons. The lowest BCUT2D eigenvalue weighted by Crippen LogP contribution is -2.13. The first-order chi connectivity index (χ1) is 18.9. The third kappa shape index (κ3) is 7.22. The first-order valence-electron chi connectivity index (χ1n) is 11.4. The number of carbonyl (C=O) groups is 3. The predicted octanol–water partition coefficient (Wildman–Crippen LogP) is 6.76. The summed E-state index contributed by atoms with van der Waals surface area (Å²) in [4.78, 5) is 41.8. The maximum Gasteiger partial charge on any atom is 0.257 e. The van der Waals surface area contributed by atoms with E-state index >= 15 is 0 Å². The number of benzene rings is 3. The molecule has 2 amide bonds. The van der Waals surface area contributed by atoms with Crippen LogP contribution in [0.1, 0.15) is 20.7 Å². The minimum Gasteiger partial charge on any atom is -0.322 e. The summed E-state index contributed by atoms with van der Waals surface area (Å²) in [6.45, 7) is 0. The zero-order valence-electron chi connectivity index (χ0n) is 19.9. The van der Waals surface area contributed by atoms with Gasteiger partial charge in [-0.2, -0.15) is 0 Å². The molecule has 0 unspecified atom stereocenters. The second-order valence-electron chi connectivity index (χ2n) is 7.88. The number of anilines is 2. The number of amides is 2. The van der Waals surface area contributed by atoms with Gasteiger partial charge in [-0.1, -0.05) is 88.9 Å². The van der Waals surface area contributed by atoms with E-state index in [1.165, 1.54) is 46.2 Å². The maximum absolute atomic E-state index is 12.5. The lowest BCUT2D eigenvalue weighted by Gasteiger charge is -2.06. The van der Waals surface area contributed by atoms with Crippen LogP contribution in [-0.4, -0.2) is 44.3 Å². The molecule has 3 aromatic carbocycles. The third-order valence-corrected chi connectivity index (χ3v) is 9.61. The smallest absolute Gasteiger partial charge is 0.257 e. The maximum atomic E-state index is 12.5. The molecule has 0 bridgehead atoms. The van der Waals surface area contributed by atoms with Crippen LogP contribution in [0, 0.1) is 0 Å². The van der Waals surface area contributed by atoms with Crippen molar-refractivity contribution in [2.75, 3.05) is 22.1 Å². The molecule has 0 saturated heterocycles. The van der Waals surface area contributed by atoms with Crippen molar-refractivity contribution >= 4 is 96.4 Å². The van der Waals surface area contributed by atoms with Gasteiger partial charge in [0.15, 0.2) is 14.5 Å². The molecule has 0 aliphatic rings. The summed E-state index contributed by atoms with van der Waals surface area (Å²) >= 11 is 11.4. The Morgan fingerprint density at radius 1 is 0.821 bits per heavy atom. The molecule has 39 heavy (non-hydrogen) atoms. The summed E-state index contributed by atoms with van der Waals surface area (Å²) in [5.74, 6) is -0.142. The van der Waals surface area contributed by atoms with Crippen LogP contribution in [0.3, 0.4) is 0 Å². The predicted molar refractivity (Wildman–Crippen MR) is 160 cm³/mol. The fraction of sp³-hybridized carbons (Fsp3) is 0.0769. The zero-order valence-corrected chi connectivity index (χ0v) is 23.9. The van der Waals surface area contributed by atoms with Crippen LogP contribution in [0.4, 0.5) is 10.8 Å². The largest absolute Gasteiger partial charge is 0.322 e. The molecule has 2 aromatic heterocycles. The van der Waals surface area contributed by atoms with Crippen LogP contribution in [0.2, 0.25) is 5.02 Å². The Labute approximate surface area is 244 Å². The number of carbonyl (C=O) groups excluding carboxylic acids is 3. The van der Waals surface area contributed by atoms with Crippen LogP contribution in [0.15, 0.2) is 81.5 Å². The average molecular weight is 612 g/mol. The molecule has 0 aliphatic heterocycles. The molecule has 5 aromatic rings. The van der Waals surface area contributed by atoms with E-state index in [0.29, 0.717) is 31.3 Å². The highest BCUT2D eigenvalue weighted by atomic mass is 35.5. The van der Waals surface area contributed by atoms with E-state index in [-0.39, 0.29) is 29.1 Å². The van der Waals surface area contributed by atoms with Gasteiger partial charge in [-0.3, -0.25) is 19.7 Å². The number of halogens is 1. The van der Waals surface area contributed by atoms with E-state index in [2.05, 4.69) is 25.8 Å². The summed E-state index contributed by atoms with van der Waals surface area (Å²) in [7, 11) is 0. The Hall–Kier alpha value is -3.29. The number of Topliss-reactive ketones (excluding diaryl/α,β-unsaturated/α-hetero) is 1. The molecule has 0 fully saturated rings. The molecule has 8 nitrogen and oxygen atoms in total. The molecule has 0 spiro atoms. The molecule has 0 saturated carbocycles. The summed E-state index contributed by atoms with van der Waals surface area (Å²) in [6, 6.07) is 21.3. The Bertz CT molecular complexity index is 1660. The summed E-state index contributed by atoms with van der Waals surface area (Å²) in [6.07, 6.45) is 0. The third-order valence-electron chi connectivity index (χ3n) is 5.15. The number of thioether (sulfide) groups is 2. The van der Waals surface area contributed by atoms with Gasteiger partial charge in [0.2, 0.25) is 11.0 Å². The second-order valence-corrected chi connectivity index (χ2v) is 12.7. The number of rotatable bonds is 10. The van der Waals surface area contributed by atoms with Crippen molar-refractivity contribution in [2.24, 2.45) is 0 Å². The Balaban J connectivity index is 1.12. The summed E-state index contributed by atoms with van der Waals surface area (Å²) in [5, 5.41) is 14.4. The molecule has 2 heterocycles. The van der Waals surface area contributed by atoms with E-state index in [9.17, 15) is 14.4 Å². The first kappa shape index (κ1) is 27.3. The van der Waals surface area contributed by atoms with Crippen LogP contribution < -0.4 is 10.6 Å². The van der Waals surface area contributed by atoms with E-state index in [4.69, 9.17) is 11.6 Å². The van der Waals surface area contributed by atoms with Gasteiger partial charge in [-0.05, 0) is 30.3 Å². The minimum absolute atomic E-state index is 0.00344. The quantitative estimate of drug-likeness (QED) is 0.101. The van der Waals surface area contributed by atoms with Crippen molar-refractivity contribution in [1.82, 2.24) is 15.2 Å². The lowest BCUT2D eigenvalue weighted by molar-refractivity contribution is -0.113. The monoisotopic (exact) mass is 611 g/mol. The van der Waals surface area contributed by atoms with Gasteiger partial charge in [-0.25, -0.2) is 4.98 Å². The highest BCUT2D eigenvalue weighted by Gasteiger charge is 2.14. The molecular formula is C26H18ClN5O3S4. The Morgan fingerprint density at radius 3 is 2.41 bits per heavy atom. The van der Waals surface area contributed by atoms with Crippen molar-refractivity contribution in [3.05, 3.63) is 88.9 Å². The van der Waals surface area contributed by atoms with Crippen LogP contribution in [0.25, 0.3) is 10.2 Å². The average Bonchev–Trinajstić information content (AvgIpc) is 3.57. The topological polar surface area (TPSA) is 114 Å². The Kier molecular flexibility index (Phi) is 8.89. The van der Waals surface area contributed by atoms with Crippen molar-refractivity contribution in [3.63, 3.8) is 0 Å². The molecule has 0 aliphatic carbocycles.